The van der Waals surface area contributed by atoms with Crippen molar-refractivity contribution >= 4 is 11.6 Å². The van der Waals surface area contributed by atoms with Crippen molar-refractivity contribution < 1.29 is 14.8 Å². The average molecular weight is 342 g/mol. The van der Waals surface area contributed by atoms with Crippen LogP contribution in [0.1, 0.15) is 18.5 Å². The molecule has 3 saturated heterocycles. The molecule has 25 heavy (non-hydrogen) atoms. The predicted octanol–water partition coefficient (Wildman–Crippen LogP) is -0.298. The number of piperidine rings is 3. The molecule has 132 valence electrons. The number of nitrogens with zero attached hydrogens (tertiary/aromatic N) is 3. The van der Waals surface area contributed by atoms with Crippen molar-refractivity contribution in [2.75, 3.05) is 18.4 Å². The first kappa shape index (κ1) is 16.2. The molecule has 7 heteroatoms. The molecular weight excluding hydrogens is 318 g/mol. The first-order valence-electron chi connectivity index (χ1n) is 8.93. The minimum Gasteiger partial charge on any atom is -0.390 e. The van der Waals surface area contributed by atoms with Crippen LogP contribution in [0.5, 0.6) is 0 Å². The Labute approximate surface area is 146 Å². The Hall–Kier alpha value is -2.25. The van der Waals surface area contributed by atoms with Gasteiger partial charge in [-0.1, -0.05) is 23.4 Å². The molecule has 4 atom stereocenters. The van der Waals surface area contributed by atoms with E-state index in [1.807, 2.05) is 41.2 Å². The number of carbonyl (C=O) groups excluding carboxylic acids is 1. The molecule has 3 fully saturated rings. The summed E-state index contributed by atoms with van der Waals surface area (Å²) in [7, 11) is 0. The SMILES string of the molecule is O=C(Nc1ccccc1)[C@H]1C[NH+]2CC[C@@H]1C[C@@H]2Cn1cc(CO)nn1. The number of benzene rings is 1. The van der Waals surface area contributed by atoms with Gasteiger partial charge in [0, 0.05) is 18.5 Å². The third-order valence-corrected chi connectivity index (χ3v) is 5.59. The van der Waals surface area contributed by atoms with Gasteiger partial charge in [0.1, 0.15) is 11.7 Å². The van der Waals surface area contributed by atoms with E-state index in [2.05, 4.69) is 15.6 Å². The van der Waals surface area contributed by atoms with E-state index in [1.54, 1.807) is 0 Å². The van der Waals surface area contributed by atoms with Crippen molar-refractivity contribution in [1.82, 2.24) is 15.0 Å². The van der Waals surface area contributed by atoms with Crippen molar-refractivity contribution in [2.45, 2.75) is 32.0 Å². The molecule has 1 amide bonds. The second-order valence-electron chi connectivity index (χ2n) is 7.15. The molecule has 5 rings (SSSR count). The smallest absolute Gasteiger partial charge is 0.233 e. The van der Waals surface area contributed by atoms with Crippen LogP contribution in [-0.4, -0.2) is 45.1 Å². The van der Waals surface area contributed by atoms with Crippen LogP contribution < -0.4 is 10.2 Å². The highest BCUT2D eigenvalue weighted by atomic mass is 16.3. The quantitative estimate of drug-likeness (QED) is 0.697. The average Bonchev–Trinajstić information content (AvgIpc) is 3.10. The summed E-state index contributed by atoms with van der Waals surface area (Å²) in [4.78, 5) is 14.2. The van der Waals surface area contributed by atoms with Gasteiger partial charge in [0.2, 0.25) is 5.91 Å². The zero-order valence-electron chi connectivity index (χ0n) is 14.1. The van der Waals surface area contributed by atoms with E-state index in [4.69, 9.17) is 5.11 Å². The van der Waals surface area contributed by atoms with Crippen LogP contribution in [0.3, 0.4) is 0 Å². The van der Waals surface area contributed by atoms with E-state index in [0.717, 1.165) is 38.2 Å². The van der Waals surface area contributed by atoms with Gasteiger partial charge in [-0.25, -0.2) is 4.68 Å². The minimum atomic E-state index is -0.0778. The number of nitrogens with one attached hydrogen (secondary N) is 2. The first-order chi connectivity index (χ1) is 12.2. The van der Waals surface area contributed by atoms with E-state index in [0.29, 0.717) is 17.7 Å². The molecule has 3 aliphatic rings. The molecule has 0 aliphatic carbocycles. The van der Waals surface area contributed by atoms with Gasteiger partial charge in [0.25, 0.3) is 0 Å². The second-order valence-corrected chi connectivity index (χ2v) is 7.15. The zero-order chi connectivity index (χ0) is 17.2. The molecule has 3 aliphatic heterocycles. The van der Waals surface area contributed by atoms with E-state index in [-0.39, 0.29) is 18.4 Å². The number of quaternary nitrogens is 1. The van der Waals surface area contributed by atoms with Crippen LogP contribution in [-0.2, 0) is 17.9 Å². The molecule has 4 heterocycles. The molecule has 0 spiro atoms. The predicted molar refractivity (Wildman–Crippen MR) is 91.7 cm³/mol. The third-order valence-electron chi connectivity index (χ3n) is 5.59. The summed E-state index contributed by atoms with van der Waals surface area (Å²) < 4.78 is 1.82. The number of hydrogen-bond donors (Lipinski definition) is 3. The van der Waals surface area contributed by atoms with E-state index < -0.39 is 0 Å². The number of aliphatic hydroxyl groups excluding tert-OH is 1. The molecule has 2 bridgehead atoms. The molecule has 0 radical (unpaired) electrons. The Bertz CT molecular complexity index is 732. The van der Waals surface area contributed by atoms with Crippen molar-refractivity contribution in [3.63, 3.8) is 0 Å². The Morgan fingerprint density at radius 1 is 1.36 bits per heavy atom. The van der Waals surface area contributed by atoms with Crippen LogP contribution in [0.25, 0.3) is 0 Å². The van der Waals surface area contributed by atoms with Crippen LogP contribution >= 0.6 is 0 Å². The van der Waals surface area contributed by atoms with Gasteiger partial charge in [-0.2, -0.15) is 0 Å². The maximum absolute atomic E-state index is 12.7. The Morgan fingerprint density at radius 2 is 2.20 bits per heavy atom. The lowest BCUT2D eigenvalue weighted by atomic mass is 9.75. The normalized spacial score (nSPS) is 28.0. The molecule has 1 aromatic heterocycles. The summed E-state index contributed by atoms with van der Waals surface area (Å²) >= 11 is 0. The molecule has 2 aromatic rings. The monoisotopic (exact) mass is 342 g/mol. The van der Waals surface area contributed by atoms with E-state index >= 15 is 0 Å². The van der Waals surface area contributed by atoms with Crippen molar-refractivity contribution in [2.24, 2.45) is 11.8 Å². The number of para-hydroxylation sites is 1. The van der Waals surface area contributed by atoms with Crippen molar-refractivity contribution in [3.05, 3.63) is 42.2 Å². The molecule has 7 nitrogen and oxygen atoms in total. The summed E-state index contributed by atoms with van der Waals surface area (Å²) in [5.41, 5.74) is 1.47. The topological polar surface area (TPSA) is 84.5 Å². The third kappa shape index (κ3) is 3.43. The van der Waals surface area contributed by atoms with Gasteiger partial charge in [0.05, 0.1) is 38.4 Å². The highest BCUT2D eigenvalue weighted by Crippen LogP contribution is 2.28. The summed E-state index contributed by atoms with van der Waals surface area (Å²) in [5, 5.41) is 20.2. The fraction of sp³-hybridized carbons (Fsp3) is 0.500. The van der Waals surface area contributed by atoms with E-state index in [9.17, 15) is 4.79 Å². The lowest BCUT2D eigenvalue weighted by Gasteiger charge is -2.46. The summed E-state index contributed by atoms with van der Waals surface area (Å²) in [6, 6.07) is 10.1. The minimum absolute atomic E-state index is 0.0778. The maximum atomic E-state index is 12.7. The molecule has 1 unspecified atom stereocenters. The van der Waals surface area contributed by atoms with Gasteiger partial charge in [0.15, 0.2) is 0 Å². The lowest BCUT2D eigenvalue weighted by molar-refractivity contribution is -0.945. The molecule has 3 N–H and O–H groups in total. The fourth-order valence-corrected chi connectivity index (χ4v) is 4.30. The molecule has 0 saturated carbocycles. The number of aromatic nitrogens is 3. The van der Waals surface area contributed by atoms with Crippen LogP contribution in [0.15, 0.2) is 36.5 Å². The number of amides is 1. The van der Waals surface area contributed by atoms with Crippen molar-refractivity contribution in [3.8, 4) is 0 Å². The van der Waals surface area contributed by atoms with Crippen molar-refractivity contribution in [1.29, 1.82) is 0 Å². The summed E-state index contributed by atoms with van der Waals surface area (Å²) in [5.74, 6) is 0.672. The number of rotatable bonds is 5. The number of hydrogen-bond acceptors (Lipinski definition) is 4. The summed E-state index contributed by atoms with van der Waals surface area (Å²) in [6.45, 7) is 2.72. The Balaban J connectivity index is 1.38. The maximum Gasteiger partial charge on any atom is 0.233 e. The van der Waals surface area contributed by atoms with E-state index in [1.165, 1.54) is 4.90 Å². The van der Waals surface area contributed by atoms with Gasteiger partial charge in [-0.05, 0) is 18.1 Å². The first-order valence-corrected chi connectivity index (χ1v) is 8.93. The highest BCUT2D eigenvalue weighted by Gasteiger charge is 2.46. The van der Waals surface area contributed by atoms with Crippen LogP contribution in [0.4, 0.5) is 5.69 Å². The fourth-order valence-electron chi connectivity index (χ4n) is 4.30. The lowest BCUT2D eigenvalue weighted by Crippen LogP contribution is -3.20. The second kappa shape index (κ2) is 6.93. The number of aliphatic hydroxyl groups is 1. The van der Waals surface area contributed by atoms with Gasteiger partial charge in [-0.15, -0.1) is 5.10 Å². The largest absolute Gasteiger partial charge is 0.390 e. The Morgan fingerprint density at radius 3 is 2.88 bits per heavy atom. The number of fused-ring (bicyclic) bond motifs is 3. The molecular formula is C18H24N5O2+. The highest BCUT2D eigenvalue weighted by molar-refractivity contribution is 5.92. The van der Waals surface area contributed by atoms with Crippen LogP contribution in [0, 0.1) is 11.8 Å². The van der Waals surface area contributed by atoms with Gasteiger partial charge in [-0.3, -0.25) is 4.79 Å². The standard InChI is InChI=1S/C18H23N5O2/c24-12-15-9-23(21-20-15)10-16-8-13-6-7-22(16)11-17(13)18(25)19-14-4-2-1-3-5-14/h1-5,9,13,16-17,24H,6-8,10-12H2,(H,19,25)/p+1/t13-,16-,17+/m1/s1. The van der Waals surface area contributed by atoms with Crippen LogP contribution in [0.2, 0.25) is 0 Å². The molecule has 1 aromatic carbocycles. The number of anilines is 1. The Kier molecular flexibility index (Phi) is 4.50. The summed E-state index contributed by atoms with van der Waals surface area (Å²) in [6.07, 6.45) is 3.96. The van der Waals surface area contributed by atoms with Gasteiger partial charge < -0.3 is 15.3 Å². The number of carbonyl (C=O) groups is 1. The van der Waals surface area contributed by atoms with Gasteiger partial charge >= 0.3 is 0 Å². The zero-order valence-corrected chi connectivity index (χ0v) is 14.1.